The Bertz CT molecular complexity index is 488. The van der Waals surface area contributed by atoms with Crippen LogP contribution in [-0.4, -0.2) is 37.3 Å². The van der Waals surface area contributed by atoms with Gasteiger partial charge in [-0.2, -0.15) is 0 Å². The van der Waals surface area contributed by atoms with Crippen LogP contribution in [-0.2, 0) is 4.74 Å². The summed E-state index contributed by atoms with van der Waals surface area (Å²) in [6.07, 6.45) is 0. The lowest BCUT2D eigenvalue weighted by molar-refractivity contribution is -0.384. The number of anilines is 1. The van der Waals surface area contributed by atoms with Gasteiger partial charge in [-0.05, 0) is 19.9 Å². The van der Waals surface area contributed by atoms with E-state index in [0.717, 1.165) is 12.2 Å². The Morgan fingerprint density at radius 1 is 1.47 bits per heavy atom. The summed E-state index contributed by atoms with van der Waals surface area (Å²) < 4.78 is 10.8. The summed E-state index contributed by atoms with van der Waals surface area (Å²) in [6.45, 7) is 6.15. The molecule has 104 valence electrons. The molecule has 6 nitrogen and oxygen atoms in total. The second kappa shape index (κ2) is 5.05. The first-order valence-electron chi connectivity index (χ1n) is 6.13. The predicted molar refractivity (Wildman–Crippen MR) is 71.9 cm³/mol. The number of rotatable bonds is 3. The van der Waals surface area contributed by atoms with Gasteiger partial charge in [0.1, 0.15) is 5.75 Å². The third-order valence-electron chi connectivity index (χ3n) is 3.31. The summed E-state index contributed by atoms with van der Waals surface area (Å²) in [5.41, 5.74) is 0.731. The van der Waals surface area contributed by atoms with Gasteiger partial charge in [-0.1, -0.05) is 0 Å². The van der Waals surface area contributed by atoms with Crippen molar-refractivity contribution in [3.05, 3.63) is 28.3 Å². The fourth-order valence-electron chi connectivity index (χ4n) is 2.31. The first-order chi connectivity index (χ1) is 8.95. The minimum absolute atomic E-state index is 0.0339. The quantitative estimate of drug-likeness (QED) is 0.620. The number of hydrogen-bond donors (Lipinski definition) is 0. The minimum atomic E-state index is -0.420. The molecule has 0 bridgehead atoms. The van der Waals surface area contributed by atoms with Crippen molar-refractivity contribution in [2.24, 2.45) is 0 Å². The van der Waals surface area contributed by atoms with Gasteiger partial charge in [0.15, 0.2) is 0 Å². The van der Waals surface area contributed by atoms with E-state index in [0.29, 0.717) is 19.0 Å². The average molecular weight is 266 g/mol. The van der Waals surface area contributed by atoms with Crippen LogP contribution in [0.5, 0.6) is 5.75 Å². The van der Waals surface area contributed by atoms with Gasteiger partial charge in [0.05, 0.1) is 42.5 Å². The third kappa shape index (κ3) is 2.63. The van der Waals surface area contributed by atoms with Crippen LogP contribution in [0.3, 0.4) is 0 Å². The molecular formula is C13H18N2O4. The largest absolute Gasteiger partial charge is 0.494 e. The molecule has 1 aliphatic heterocycles. The maximum absolute atomic E-state index is 10.8. The Balaban J connectivity index is 2.41. The van der Waals surface area contributed by atoms with Crippen molar-refractivity contribution in [3.63, 3.8) is 0 Å². The Morgan fingerprint density at radius 2 is 2.21 bits per heavy atom. The van der Waals surface area contributed by atoms with E-state index in [1.165, 1.54) is 19.2 Å². The fraction of sp³-hybridized carbons (Fsp3) is 0.538. The number of hydrogen-bond acceptors (Lipinski definition) is 5. The van der Waals surface area contributed by atoms with Crippen LogP contribution in [0.2, 0.25) is 0 Å². The van der Waals surface area contributed by atoms with Gasteiger partial charge < -0.3 is 14.4 Å². The Morgan fingerprint density at radius 3 is 2.79 bits per heavy atom. The van der Waals surface area contributed by atoms with Crippen molar-refractivity contribution >= 4 is 11.4 Å². The highest BCUT2D eigenvalue weighted by Crippen LogP contribution is 2.36. The molecule has 0 aromatic heterocycles. The Kier molecular flexibility index (Phi) is 3.61. The maximum Gasteiger partial charge on any atom is 0.273 e. The molecule has 1 aromatic carbocycles. The highest BCUT2D eigenvalue weighted by molar-refractivity contribution is 5.64. The van der Waals surface area contributed by atoms with E-state index in [1.807, 2.05) is 0 Å². The number of nitro benzene ring substituents is 1. The molecule has 1 fully saturated rings. The summed E-state index contributed by atoms with van der Waals surface area (Å²) in [5.74, 6) is 0.518. The van der Waals surface area contributed by atoms with E-state index in [9.17, 15) is 10.1 Å². The average Bonchev–Trinajstić information content (AvgIpc) is 2.37. The third-order valence-corrected chi connectivity index (χ3v) is 3.31. The van der Waals surface area contributed by atoms with Gasteiger partial charge in [-0.3, -0.25) is 10.1 Å². The van der Waals surface area contributed by atoms with E-state index in [2.05, 4.69) is 18.7 Å². The number of morpholine rings is 1. The second-order valence-electron chi connectivity index (χ2n) is 5.13. The molecule has 1 aromatic rings. The number of ether oxygens (including phenoxy) is 2. The zero-order valence-corrected chi connectivity index (χ0v) is 11.4. The van der Waals surface area contributed by atoms with Crippen molar-refractivity contribution in [1.29, 1.82) is 0 Å². The predicted octanol–water partition coefficient (Wildman–Crippen LogP) is 2.22. The van der Waals surface area contributed by atoms with Gasteiger partial charge in [-0.25, -0.2) is 0 Å². The number of nitro groups is 1. The molecule has 1 heterocycles. The molecule has 6 heteroatoms. The van der Waals surface area contributed by atoms with Crippen LogP contribution in [0.15, 0.2) is 18.2 Å². The van der Waals surface area contributed by atoms with Gasteiger partial charge in [0, 0.05) is 12.6 Å². The topological polar surface area (TPSA) is 64.8 Å². The molecule has 2 rings (SSSR count). The molecular weight excluding hydrogens is 248 g/mol. The van der Waals surface area contributed by atoms with E-state index >= 15 is 0 Å². The van der Waals surface area contributed by atoms with E-state index in [1.54, 1.807) is 6.07 Å². The van der Waals surface area contributed by atoms with Crippen LogP contribution in [0.1, 0.15) is 13.8 Å². The molecule has 1 saturated heterocycles. The van der Waals surface area contributed by atoms with Crippen molar-refractivity contribution < 1.29 is 14.4 Å². The van der Waals surface area contributed by atoms with Crippen molar-refractivity contribution in [2.45, 2.75) is 19.4 Å². The number of benzene rings is 1. The van der Waals surface area contributed by atoms with E-state index in [-0.39, 0.29) is 11.2 Å². The lowest BCUT2D eigenvalue weighted by atomic mass is 10.0. The van der Waals surface area contributed by atoms with Crippen molar-refractivity contribution in [3.8, 4) is 5.75 Å². The van der Waals surface area contributed by atoms with Crippen molar-refractivity contribution in [1.82, 2.24) is 0 Å². The summed E-state index contributed by atoms with van der Waals surface area (Å²) in [7, 11) is 1.52. The highest BCUT2D eigenvalue weighted by atomic mass is 16.6. The summed E-state index contributed by atoms with van der Waals surface area (Å²) in [5, 5.41) is 10.8. The standard InChI is InChI=1S/C13H18N2O4/c1-13(2)9-19-7-6-14(13)11-5-4-10(15(16)17)8-12(11)18-3/h4-5,8H,6-7,9H2,1-3H3. The number of nitrogens with zero attached hydrogens (tertiary/aromatic N) is 2. The normalized spacial score (nSPS) is 18.2. The first kappa shape index (κ1) is 13.6. The van der Waals surface area contributed by atoms with Crippen molar-refractivity contribution in [2.75, 3.05) is 31.8 Å². The smallest absolute Gasteiger partial charge is 0.273 e. The second-order valence-corrected chi connectivity index (χ2v) is 5.13. The molecule has 0 unspecified atom stereocenters. The highest BCUT2D eigenvalue weighted by Gasteiger charge is 2.32. The zero-order valence-electron chi connectivity index (χ0n) is 11.4. The lowest BCUT2D eigenvalue weighted by Crippen LogP contribution is -2.53. The van der Waals surface area contributed by atoms with Gasteiger partial charge in [0.25, 0.3) is 5.69 Å². The van der Waals surface area contributed by atoms with Crippen LogP contribution >= 0.6 is 0 Å². The van der Waals surface area contributed by atoms with E-state index in [4.69, 9.17) is 9.47 Å². The van der Waals surface area contributed by atoms with Crippen LogP contribution in [0, 0.1) is 10.1 Å². The fourth-order valence-corrected chi connectivity index (χ4v) is 2.31. The van der Waals surface area contributed by atoms with Gasteiger partial charge in [-0.15, -0.1) is 0 Å². The molecule has 0 spiro atoms. The molecule has 0 radical (unpaired) electrons. The van der Waals surface area contributed by atoms with Crippen LogP contribution in [0.25, 0.3) is 0 Å². The summed E-state index contributed by atoms with van der Waals surface area (Å²) in [4.78, 5) is 12.5. The Labute approximate surface area is 112 Å². The maximum atomic E-state index is 10.8. The molecule has 0 amide bonds. The molecule has 0 N–H and O–H groups in total. The van der Waals surface area contributed by atoms with E-state index < -0.39 is 4.92 Å². The van der Waals surface area contributed by atoms with Gasteiger partial charge >= 0.3 is 0 Å². The zero-order chi connectivity index (χ0) is 14.0. The first-order valence-corrected chi connectivity index (χ1v) is 6.13. The monoisotopic (exact) mass is 266 g/mol. The van der Waals surface area contributed by atoms with Gasteiger partial charge in [0.2, 0.25) is 0 Å². The van der Waals surface area contributed by atoms with Crippen LogP contribution < -0.4 is 9.64 Å². The number of non-ortho nitro benzene ring substituents is 1. The molecule has 0 atom stereocenters. The minimum Gasteiger partial charge on any atom is -0.494 e. The Hall–Kier alpha value is -1.82. The lowest BCUT2D eigenvalue weighted by Gasteiger charge is -2.44. The van der Waals surface area contributed by atoms with Crippen LogP contribution in [0.4, 0.5) is 11.4 Å². The molecule has 19 heavy (non-hydrogen) atoms. The summed E-state index contributed by atoms with van der Waals surface area (Å²) >= 11 is 0. The molecule has 0 saturated carbocycles. The summed E-state index contributed by atoms with van der Waals surface area (Å²) in [6, 6.07) is 4.70. The SMILES string of the molecule is COc1cc([N+](=O)[O-])ccc1N1CCOCC1(C)C. The molecule has 1 aliphatic rings. The number of methoxy groups -OCH3 is 1. The molecule has 0 aliphatic carbocycles.